The van der Waals surface area contributed by atoms with Gasteiger partial charge in [0.05, 0.1) is 5.69 Å². The number of para-hydroxylation sites is 1. The van der Waals surface area contributed by atoms with E-state index in [-0.39, 0.29) is 0 Å². The fourth-order valence-electron chi connectivity index (χ4n) is 1.38. The van der Waals surface area contributed by atoms with E-state index in [4.69, 9.17) is 15.2 Å². The Balaban J connectivity index is 1.79. The van der Waals surface area contributed by atoms with E-state index in [1.54, 1.807) is 12.3 Å². The molecule has 4 nitrogen and oxygen atoms in total. The molecule has 18 heavy (non-hydrogen) atoms. The van der Waals surface area contributed by atoms with Crippen LogP contribution < -0.4 is 15.2 Å². The number of rotatable bonds is 5. The molecule has 2 N–H and O–H groups in total. The smallest absolute Gasteiger partial charge is 0.237 e. The number of anilines is 1. The van der Waals surface area contributed by atoms with Crippen molar-refractivity contribution in [3.05, 3.63) is 47.1 Å². The molecule has 0 saturated carbocycles. The zero-order valence-electron chi connectivity index (χ0n) is 9.67. The number of nitrogens with zero attached hydrogens (tertiary/aromatic N) is 1. The van der Waals surface area contributed by atoms with Crippen LogP contribution in [-0.2, 0) is 0 Å². The number of ether oxygens (including phenoxy) is 2. The molecule has 1 aromatic heterocycles. The molecule has 94 valence electrons. The monoisotopic (exact) mass is 308 g/mol. The van der Waals surface area contributed by atoms with Gasteiger partial charge < -0.3 is 15.2 Å². The summed E-state index contributed by atoms with van der Waals surface area (Å²) < 4.78 is 11.7. The number of nitrogens with two attached hydrogens (primary N) is 1. The van der Waals surface area contributed by atoms with E-state index in [1.165, 1.54) is 0 Å². The van der Waals surface area contributed by atoms with Crippen LogP contribution in [-0.4, -0.2) is 18.2 Å². The first-order valence-electron chi connectivity index (χ1n) is 5.47. The van der Waals surface area contributed by atoms with Crippen molar-refractivity contribution in [2.75, 3.05) is 18.9 Å². The highest BCUT2D eigenvalue weighted by atomic mass is 79.9. The summed E-state index contributed by atoms with van der Waals surface area (Å²) in [5.74, 6) is 1.24. The lowest BCUT2D eigenvalue weighted by atomic mass is 10.3. The molecule has 0 spiro atoms. The Hall–Kier alpha value is -1.75. The maximum Gasteiger partial charge on any atom is 0.237 e. The minimum Gasteiger partial charge on any atom is -0.490 e. The predicted octanol–water partition coefficient (Wildman–Crippen LogP) is 2.88. The average molecular weight is 309 g/mol. The second kappa shape index (κ2) is 6.26. The second-order valence-corrected chi connectivity index (χ2v) is 4.47. The van der Waals surface area contributed by atoms with Crippen LogP contribution in [0, 0.1) is 0 Å². The number of hydrogen-bond donors (Lipinski definition) is 1. The lowest BCUT2D eigenvalue weighted by molar-refractivity contribution is 0.213. The highest BCUT2D eigenvalue weighted by Crippen LogP contribution is 2.21. The van der Waals surface area contributed by atoms with Crippen molar-refractivity contribution in [2.24, 2.45) is 0 Å². The van der Waals surface area contributed by atoms with E-state index in [2.05, 4.69) is 20.9 Å². The summed E-state index contributed by atoms with van der Waals surface area (Å²) in [5.41, 5.74) is 6.26. The van der Waals surface area contributed by atoms with Gasteiger partial charge in [-0.05, 0) is 34.1 Å². The SMILES string of the molecule is Nc1cc(Br)cnc1OCCOc1ccccc1. The predicted molar refractivity (Wildman–Crippen MR) is 73.8 cm³/mol. The number of benzene rings is 1. The van der Waals surface area contributed by atoms with Crippen LogP contribution >= 0.6 is 15.9 Å². The summed E-state index contributed by atoms with van der Waals surface area (Å²) in [6, 6.07) is 11.3. The van der Waals surface area contributed by atoms with Crippen LogP contribution in [0.25, 0.3) is 0 Å². The molecule has 0 fully saturated rings. The minimum absolute atomic E-state index is 0.397. The van der Waals surface area contributed by atoms with Gasteiger partial charge in [0.25, 0.3) is 0 Å². The normalized spacial score (nSPS) is 10.1. The van der Waals surface area contributed by atoms with Gasteiger partial charge >= 0.3 is 0 Å². The van der Waals surface area contributed by atoms with Gasteiger partial charge in [-0.1, -0.05) is 18.2 Å². The van der Waals surface area contributed by atoms with Crippen molar-refractivity contribution in [2.45, 2.75) is 0 Å². The number of hydrogen-bond acceptors (Lipinski definition) is 4. The maximum atomic E-state index is 5.76. The summed E-state index contributed by atoms with van der Waals surface area (Å²) in [5, 5.41) is 0. The average Bonchev–Trinajstić information content (AvgIpc) is 2.38. The molecule has 0 aliphatic rings. The molecule has 0 unspecified atom stereocenters. The van der Waals surface area contributed by atoms with E-state index < -0.39 is 0 Å². The fraction of sp³-hybridized carbons (Fsp3) is 0.154. The highest BCUT2D eigenvalue weighted by Gasteiger charge is 2.02. The Morgan fingerprint density at radius 2 is 1.83 bits per heavy atom. The van der Waals surface area contributed by atoms with Crippen LogP contribution in [0.3, 0.4) is 0 Å². The van der Waals surface area contributed by atoms with Gasteiger partial charge in [-0.25, -0.2) is 4.98 Å². The largest absolute Gasteiger partial charge is 0.490 e. The van der Waals surface area contributed by atoms with Crippen LogP contribution in [0.5, 0.6) is 11.6 Å². The van der Waals surface area contributed by atoms with E-state index in [9.17, 15) is 0 Å². The number of halogens is 1. The van der Waals surface area contributed by atoms with Crippen molar-refractivity contribution in [1.29, 1.82) is 0 Å². The first-order chi connectivity index (χ1) is 8.75. The zero-order valence-corrected chi connectivity index (χ0v) is 11.3. The zero-order chi connectivity index (χ0) is 12.8. The summed E-state index contributed by atoms with van der Waals surface area (Å²) >= 11 is 3.29. The molecule has 0 aliphatic heterocycles. The molecular weight excluding hydrogens is 296 g/mol. The molecule has 0 bridgehead atoms. The van der Waals surface area contributed by atoms with Gasteiger partial charge in [-0.3, -0.25) is 0 Å². The topological polar surface area (TPSA) is 57.4 Å². The first-order valence-corrected chi connectivity index (χ1v) is 6.26. The Kier molecular flexibility index (Phi) is 4.41. The number of pyridine rings is 1. The van der Waals surface area contributed by atoms with Gasteiger partial charge in [-0.15, -0.1) is 0 Å². The third-order valence-corrected chi connectivity index (χ3v) is 2.61. The van der Waals surface area contributed by atoms with Crippen molar-refractivity contribution in [1.82, 2.24) is 4.98 Å². The van der Waals surface area contributed by atoms with Crippen LogP contribution in [0.2, 0.25) is 0 Å². The van der Waals surface area contributed by atoms with Gasteiger partial charge in [0.2, 0.25) is 5.88 Å². The van der Waals surface area contributed by atoms with Crippen LogP contribution in [0.15, 0.2) is 47.1 Å². The molecule has 0 amide bonds. The lowest BCUT2D eigenvalue weighted by Crippen LogP contribution is -2.10. The molecule has 0 atom stereocenters. The summed E-state index contributed by atoms with van der Waals surface area (Å²) in [6.07, 6.45) is 1.64. The van der Waals surface area contributed by atoms with Crippen molar-refractivity contribution in [3.8, 4) is 11.6 Å². The lowest BCUT2D eigenvalue weighted by Gasteiger charge is -2.09. The Labute approximate surface area is 114 Å². The fourth-order valence-corrected chi connectivity index (χ4v) is 1.73. The summed E-state index contributed by atoms with van der Waals surface area (Å²) in [4.78, 5) is 4.07. The Bertz CT molecular complexity index is 506. The summed E-state index contributed by atoms with van der Waals surface area (Å²) in [7, 11) is 0. The van der Waals surface area contributed by atoms with Crippen LogP contribution in [0.4, 0.5) is 5.69 Å². The first kappa shape index (κ1) is 12.7. The third kappa shape index (κ3) is 3.63. The van der Waals surface area contributed by atoms with E-state index in [1.807, 2.05) is 30.3 Å². The quantitative estimate of drug-likeness (QED) is 0.863. The molecule has 2 rings (SSSR count). The standard InChI is InChI=1S/C13H13BrN2O2/c14-10-8-12(15)13(16-9-10)18-7-6-17-11-4-2-1-3-5-11/h1-5,8-9H,6-7,15H2. The van der Waals surface area contributed by atoms with Crippen LogP contribution in [0.1, 0.15) is 0 Å². The third-order valence-electron chi connectivity index (χ3n) is 2.18. The van der Waals surface area contributed by atoms with Gasteiger partial charge in [-0.2, -0.15) is 0 Å². The molecule has 1 aromatic carbocycles. The second-order valence-electron chi connectivity index (χ2n) is 3.56. The minimum atomic E-state index is 0.397. The number of aromatic nitrogens is 1. The van der Waals surface area contributed by atoms with E-state index in [0.29, 0.717) is 24.8 Å². The highest BCUT2D eigenvalue weighted by molar-refractivity contribution is 9.10. The van der Waals surface area contributed by atoms with Gasteiger partial charge in [0.15, 0.2) is 0 Å². The maximum absolute atomic E-state index is 5.76. The Morgan fingerprint density at radius 3 is 2.56 bits per heavy atom. The molecule has 0 saturated heterocycles. The van der Waals surface area contributed by atoms with Crippen molar-refractivity contribution >= 4 is 21.6 Å². The molecule has 1 heterocycles. The summed E-state index contributed by atoms with van der Waals surface area (Å²) in [6.45, 7) is 0.842. The van der Waals surface area contributed by atoms with E-state index >= 15 is 0 Å². The van der Waals surface area contributed by atoms with Crippen molar-refractivity contribution in [3.63, 3.8) is 0 Å². The number of nitrogen functional groups attached to an aromatic ring is 1. The van der Waals surface area contributed by atoms with Gasteiger partial charge in [0.1, 0.15) is 19.0 Å². The molecule has 5 heteroatoms. The molecule has 0 aliphatic carbocycles. The molecular formula is C13H13BrN2O2. The Morgan fingerprint density at radius 1 is 1.11 bits per heavy atom. The van der Waals surface area contributed by atoms with E-state index in [0.717, 1.165) is 10.2 Å². The van der Waals surface area contributed by atoms with Crippen molar-refractivity contribution < 1.29 is 9.47 Å². The molecule has 0 radical (unpaired) electrons. The molecule has 2 aromatic rings. The van der Waals surface area contributed by atoms with Gasteiger partial charge in [0, 0.05) is 10.7 Å².